The Kier molecular flexibility index (Phi) is 6.87. The molecule has 0 atom stereocenters. The molecule has 9 heteroatoms. The predicted octanol–water partition coefficient (Wildman–Crippen LogP) is 2.22. The summed E-state index contributed by atoms with van der Waals surface area (Å²) in [4.78, 5) is 14.5. The summed E-state index contributed by atoms with van der Waals surface area (Å²) in [5.41, 5.74) is 2.71. The van der Waals surface area contributed by atoms with E-state index in [1.165, 1.54) is 26.3 Å². The fourth-order valence-corrected chi connectivity index (χ4v) is 4.39. The molecule has 31 heavy (non-hydrogen) atoms. The van der Waals surface area contributed by atoms with E-state index in [1.807, 2.05) is 12.1 Å². The number of sulfonamides is 1. The molecule has 0 spiro atoms. The van der Waals surface area contributed by atoms with Crippen molar-refractivity contribution in [2.45, 2.75) is 17.9 Å². The lowest BCUT2D eigenvalue weighted by atomic mass is 9.98. The van der Waals surface area contributed by atoms with Gasteiger partial charge in [-0.15, -0.1) is 0 Å². The van der Waals surface area contributed by atoms with Crippen molar-refractivity contribution in [3.63, 3.8) is 0 Å². The van der Waals surface area contributed by atoms with Gasteiger partial charge in [0.05, 0.1) is 21.3 Å². The van der Waals surface area contributed by atoms with Crippen LogP contribution in [0.4, 0.5) is 0 Å². The lowest BCUT2D eigenvalue weighted by molar-refractivity contribution is -0.126. The minimum Gasteiger partial charge on any atom is -0.495 e. The average Bonchev–Trinajstić information content (AvgIpc) is 2.80. The summed E-state index contributed by atoms with van der Waals surface area (Å²) in [6.45, 7) is 1.04. The molecule has 1 amide bonds. The van der Waals surface area contributed by atoms with Crippen molar-refractivity contribution in [3.8, 4) is 17.2 Å². The van der Waals surface area contributed by atoms with Crippen LogP contribution in [0.1, 0.15) is 16.7 Å². The number of hydrogen-bond acceptors (Lipinski definition) is 6. The molecule has 1 heterocycles. The van der Waals surface area contributed by atoms with Gasteiger partial charge in [0.25, 0.3) is 0 Å². The highest BCUT2D eigenvalue weighted by atomic mass is 32.2. The van der Waals surface area contributed by atoms with E-state index >= 15 is 0 Å². The fourth-order valence-electron chi connectivity index (χ4n) is 3.46. The van der Waals surface area contributed by atoms with Crippen LogP contribution in [0, 0.1) is 0 Å². The summed E-state index contributed by atoms with van der Waals surface area (Å²) in [6, 6.07) is 8.57. The molecule has 0 unspecified atom stereocenters. The van der Waals surface area contributed by atoms with Crippen molar-refractivity contribution in [2.24, 2.45) is 0 Å². The Bertz CT molecular complexity index is 1110. The number of nitrogens with one attached hydrogen (secondary N) is 1. The lowest BCUT2D eigenvalue weighted by Crippen LogP contribution is -2.34. The van der Waals surface area contributed by atoms with Gasteiger partial charge in [-0.25, -0.2) is 13.1 Å². The van der Waals surface area contributed by atoms with Gasteiger partial charge in [-0.3, -0.25) is 4.79 Å². The molecule has 1 N–H and O–H groups in total. The number of fused-ring (bicyclic) bond motifs is 1. The molecule has 2 aromatic carbocycles. The van der Waals surface area contributed by atoms with Crippen LogP contribution in [-0.4, -0.2) is 54.1 Å². The van der Waals surface area contributed by atoms with Crippen LogP contribution in [0.3, 0.4) is 0 Å². The Labute approximate surface area is 182 Å². The summed E-state index contributed by atoms with van der Waals surface area (Å²) in [5, 5.41) is 0. The third-order valence-corrected chi connectivity index (χ3v) is 6.63. The molecule has 3 rings (SSSR count). The Morgan fingerprint density at radius 2 is 1.65 bits per heavy atom. The lowest BCUT2D eigenvalue weighted by Gasteiger charge is -2.28. The van der Waals surface area contributed by atoms with Crippen molar-refractivity contribution in [2.75, 3.05) is 34.9 Å². The first-order valence-electron chi connectivity index (χ1n) is 9.65. The van der Waals surface area contributed by atoms with Crippen LogP contribution < -0.4 is 18.9 Å². The minimum atomic E-state index is -3.69. The number of benzene rings is 2. The second kappa shape index (κ2) is 9.40. The molecule has 0 fully saturated rings. The summed E-state index contributed by atoms with van der Waals surface area (Å²) < 4.78 is 42.6. The zero-order chi connectivity index (χ0) is 22.6. The Morgan fingerprint density at radius 3 is 2.26 bits per heavy atom. The summed E-state index contributed by atoms with van der Waals surface area (Å²) >= 11 is 0. The molecule has 1 aliphatic heterocycles. The van der Waals surface area contributed by atoms with E-state index in [1.54, 1.807) is 37.3 Å². The van der Waals surface area contributed by atoms with Gasteiger partial charge in [0, 0.05) is 19.2 Å². The predicted molar refractivity (Wildman–Crippen MR) is 117 cm³/mol. The standard InChI is InChI=1S/C22H26N2O6S/c1-23-31(26,27)21-11-15(5-7-18(21)28-2)6-8-22(25)24-10-9-16-12-19(29-3)20(30-4)13-17(16)14-24/h5-8,11-13,23H,9-10,14H2,1-4H3. The Morgan fingerprint density at radius 1 is 1.00 bits per heavy atom. The van der Waals surface area contributed by atoms with Gasteiger partial charge in [0.1, 0.15) is 10.6 Å². The maximum Gasteiger partial charge on any atom is 0.246 e. The highest BCUT2D eigenvalue weighted by Gasteiger charge is 2.22. The molecular formula is C22H26N2O6S. The molecule has 1 aliphatic rings. The third-order valence-electron chi connectivity index (χ3n) is 5.19. The molecule has 0 bridgehead atoms. The van der Waals surface area contributed by atoms with E-state index in [0.29, 0.717) is 36.6 Å². The van der Waals surface area contributed by atoms with Gasteiger partial charge >= 0.3 is 0 Å². The number of carbonyl (C=O) groups excluding carboxylic acids is 1. The van der Waals surface area contributed by atoms with Crippen LogP contribution in [0.5, 0.6) is 17.2 Å². The van der Waals surface area contributed by atoms with Crippen LogP contribution in [0.15, 0.2) is 41.3 Å². The number of rotatable bonds is 7. The van der Waals surface area contributed by atoms with Crippen LogP contribution in [0.2, 0.25) is 0 Å². The van der Waals surface area contributed by atoms with E-state index in [-0.39, 0.29) is 16.6 Å². The molecule has 8 nitrogen and oxygen atoms in total. The first kappa shape index (κ1) is 22.6. The normalized spacial score (nSPS) is 13.7. The largest absolute Gasteiger partial charge is 0.495 e. The van der Waals surface area contributed by atoms with Crippen LogP contribution in [-0.2, 0) is 27.8 Å². The topological polar surface area (TPSA) is 94.2 Å². The van der Waals surface area contributed by atoms with Crippen molar-refractivity contribution < 1.29 is 27.4 Å². The van der Waals surface area contributed by atoms with Crippen molar-refractivity contribution in [1.82, 2.24) is 9.62 Å². The molecule has 0 aliphatic carbocycles. The highest BCUT2D eigenvalue weighted by molar-refractivity contribution is 7.89. The van der Waals surface area contributed by atoms with Crippen LogP contribution in [0.25, 0.3) is 6.08 Å². The van der Waals surface area contributed by atoms with Gasteiger partial charge in [0.2, 0.25) is 15.9 Å². The second-order valence-corrected chi connectivity index (χ2v) is 8.79. The van der Waals surface area contributed by atoms with Gasteiger partial charge in [0.15, 0.2) is 11.5 Å². The maximum atomic E-state index is 12.7. The van der Waals surface area contributed by atoms with E-state index in [2.05, 4.69) is 4.72 Å². The number of methoxy groups -OCH3 is 3. The van der Waals surface area contributed by atoms with E-state index < -0.39 is 10.0 Å². The van der Waals surface area contributed by atoms with Crippen LogP contribution >= 0.6 is 0 Å². The zero-order valence-electron chi connectivity index (χ0n) is 18.0. The second-order valence-electron chi connectivity index (χ2n) is 6.94. The fraction of sp³-hybridized carbons (Fsp3) is 0.318. The Balaban J connectivity index is 1.79. The zero-order valence-corrected chi connectivity index (χ0v) is 18.8. The molecule has 2 aromatic rings. The number of carbonyl (C=O) groups is 1. The third kappa shape index (κ3) is 4.83. The molecule has 166 valence electrons. The monoisotopic (exact) mass is 446 g/mol. The van der Waals surface area contributed by atoms with E-state index in [0.717, 1.165) is 11.1 Å². The quantitative estimate of drug-likeness (QED) is 0.656. The maximum absolute atomic E-state index is 12.7. The van der Waals surface area contributed by atoms with Gasteiger partial charge < -0.3 is 19.1 Å². The van der Waals surface area contributed by atoms with E-state index in [4.69, 9.17) is 14.2 Å². The van der Waals surface area contributed by atoms with Crippen molar-refractivity contribution in [1.29, 1.82) is 0 Å². The number of ether oxygens (including phenoxy) is 3. The first-order valence-corrected chi connectivity index (χ1v) is 11.1. The molecular weight excluding hydrogens is 420 g/mol. The van der Waals surface area contributed by atoms with Crippen molar-refractivity contribution in [3.05, 3.63) is 53.1 Å². The minimum absolute atomic E-state index is 0.0139. The summed E-state index contributed by atoms with van der Waals surface area (Å²) in [5.74, 6) is 1.37. The summed E-state index contributed by atoms with van der Waals surface area (Å²) in [6.07, 6.45) is 3.76. The molecule has 0 aromatic heterocycles. The number of nitrogens with zero attached hydrogens (tertiary/aromatic N) is 1. The van der Waals surface area contributed by atoms with Gasteiger partial charge in [-0.2, -0.15) is 0 Å². The first-order chi connectivity index (χ1) is 14.8. The Hall–Kier alpha value is -3.04. The summed E-state index contributed by atoms with van der Waals surface area (Å²) in [7, 11) is 2.22. The van der Waals surface area contributed by atoms with Crippen molar-refractivity contribution >= 4 is 22.0 Å². The molecule has 0 radical (unpaired) electrons. The molecule has 0 saturated carbocycles. The van der Waals surface area contributed by atoms with Gasteiger partial charge in [-0.1, -0.05) is 6.07 Å². The molecule has 0 saturated heterocycles. The van der Waals surface area contributed by atoms with Gasteiger partial charge in [-0.05, 0) is 60.5 Å². The SMILES string of the molecule is CNS(=O)(=O)c1cc(C=CC(=O)N2CCc3cc(OC)c(OC)cc3C2)ccc1OC. The van der Waals surface area contributed by atoms with E-state index in [9.17, 15) is 13.2 Å². The highest BCUT2D eigenvalue weighted by Crippen LogP contribution is 2.33. The smallest absolute Gasteiger partial charge is 0.246 e. The number of amides is 1. The average molecular weight is 447 g/mol. The number of hydrogen-bond donors (Lipinski definition) is 1.